The van der Waals surface area contributed by atoms with Crippen molar-refractivity contribution in [3.8, 4) is 0 Å². The Balaban J connectivity index is 3.67. The Morgan fingerprint density at radius 3 is 2.61 bits per heavy atom. The van der Waals surface area contributed by atoms with Crippen LogP contribution in [0.4, 0.5) is 4.79 Å². The van der Waals surface area contributed by atoms with Crippen LogP contribution in [0.15, 0.2) is 0 Å². The van der Waals surface area contributed by atoms with Crippen molar-refractivity contribution in [3.63, 3.8) is 0 Å². The highest BCUT2D eigenvalue weighted by atomic mass is 32.2. The number of carbonyl (C=O) groups is 2. The lowest BCUT2D eigenvalue weighted by Crippen LogP contribution is -2.31. The van der Waals surface area contributed by atoms with E-state index in [0.717, 1.165) is 0 Å². The van der Waals surface area contributed by atoms with E-state index in [2.05, 4.69) is 5.32 Å². The van der Waals surface area contributed by atoms with Gasteiger partial charge in [0.2, 0.25) is 6.29 Å². The van der Waals surface area contributed by atoms with Gasteiger partial charge in [0.15, 0.2) is 11.1 Å². The first-order chi connectivity index (χ1) is 8.45. The van der Waals surface area contributed by atoms with E-state index in [4.69, 9.17) is 14.0 Å². The maximum atomic E-state index is 11.2. The van der Waals surface area contributed by atoms with Crippen LogP contribution < -0.4 is 5.32 Å². The molecule has 2 N–H and O–H groups in total. The van der Waals surface area contributed by atoms with Crippen LogP contribution in [0.25, 0.3) is 0 Å². The first kappa shape index (κ1) is 16.9. The number of ether oxygens (including phenoxy) is 2. The van der Waals surface area contributed by atoms with E-state index >= 15 is 0 Å². The minimum Gasteiger partial charge on any atom is -0.425 e. The molecule has 0 aromatic heterocycles. The monoisotopic (exact) mass is 281 g/mol. The molecule has 0 aromatic carbocycles. The van der Waals surface area contributed by atoms with Crippen molar-refractivity contribution < 1.29 is 27.8 Å². The first-order valence-corrected chi connectivity index (χ1v) is 6.94. The molecule has 0 saturated heterocycles. The summed E-state index contributed by atoms with van der Waals surface area (Å²) in [5.41, 5.74) is 0. The Morgan fingerprint density at radius 2 is 2.06 bits per heavy atom. The predicted molar refractivity (Wildman–Crippen MR) is 65.2 cm³/mol. The van der Waals surface area contributed by atoms with Crippen LogP contribution in [-0.2, 0) is 25.3 Å². The van der Waals surface area contributed by atoms with Crippen molar-refractivity contribution in [1.82, 2.24) is 5.32 Å². The predicted octanol–water partition coefficient (Wildman–Crippen LogP) is 1.01. The van der Waals surface area contributed by atoms with Crippen molar-refractivity contribution >= 4 is 23.1 Å². The number of amides is 1. The zero-order valence-electron chi connectivity index (χ0n) is 10.5. The van der Waals surface area contributed by atoms with Crippen LogP contribution in [0.3, 0.4) is 0 Å². The number of hydrogen-bond acceptors (Lipinski definition) is 5. The molecule has 0 saturated carbocycles. The molecule has 0 aliphatic rings. The van der Waals surface area contributed by atoms with E-state index < -0.39 is 29.4 Å². The molecule has 1 amide bonds. The van der Waals surface area contributed by atoms with Crippen molar-refractivity contribution in [3.05, 3.63) is 0 Å². The van der Waals surface area contributed by atoms with Crippen LogP contribution in [0, 0.1) is 0 Å². The molecule has 106 valence electrons. The molecule has 0 bridgehead atoms. The second-order valence-corrected chi connectivity index (χ2v) is 4.57. The molecule has 0 heterocycles. The molecule has 7 nitrogen and oxygen atoms in total. The number of rotatable bonds is 8. The third kappa shape index (κ3) is 10.0. The van der Waals surface area contributed by atoms with Crippen LogP contribution in [0.5, 0.6) is 0 Å². The van der Waals surface area contributed by atoms with Gasteiger partial charge in [-0.05, 0) is 12.8 Å². The molecule has 0 aliphatic heterocycles. The molecule has 18 heavy (non-hydrogen) atoms. The molecule has 2 unspecified atom stereocenters. The largest absolute Gasteiger partial charge is 0.425 e. The van der Waals surface area contributed by atoms with Gasteiger partial charge in [-0.1, -0.05) is 6.92 Å². The Hall–Kier alpha value is -1.15. The van der Waals surface area contributed by atoms with Gasteiger partial charge in [-0.15, -0.1) is 0 Å². The molecule has 0 fully saturated rings. The SMILES string of the molecule is CCCC(=O)OC(C)OC(=O)NCCCS(=O)O. The fraction of sp³-hybridized carbons (Fsp3) is 0.800. The van der Waals surface area contributed by atoms with Gasteiger partial charge in [0.1, 0.15) is 0 Å². The zero-order valence-corrected chi connectivity index (χ0v) is 11.3. The zero-order chi connectivity index (χ0) is 14.0. The molecule has 8 heteroatoms. The van der Waals surface area contributed by atoms with Gasteiger partial charge in [-0.3, -0.25) is 4.79 Å². The van der Waals surface area contributed by atoms with Gasteiger partial charge in [0.25, 0.3) is 0 Å². The van der Waals surface area contributed by atoms with Gasteiger partial charge in [-0.2, -0.15) is 0 Å². The summed E-state index contributed by atoms with van der Waals surface area (Å²) < 4.78 is 28.3. The van der Waals surface area contributed by atoms with Crippen molar-refractivity contribution in [2.45, 2.75) is 39.4 Å². The van der Waals surface area contributed by atoms with E-state index in [1.807, 2.05) is 6.92 Å². The summed E-state index contributed by atoms with van der Waals surface area (Å²) in [6, 6.07) is 0. The third-order valence-electron chi connectivity index (χ3n) is 1.79. The van der Waals surface area contributed by atoms with Crippen LogP contribution >= 0.6 is 0 Å². The summed E-state index contributed by atoms with van der Waals surface area (Å²) in [4.78, 5) is 22.2. The maximum absolute atomic E-state index is 11.2. The van der Waals surface area contributed by atoms with Gasteiger partial charge >= 0.3 is 12.1 Å². The second kappa shape index (κ2) is 9.84. The number of carbonyl (C=O) groups excluding carboxylic acids is 2. The summed E-state index contributed by atoms with van der Waals surface area (Å²) in [6.45, 7) is 3.50. The Morgan fingerprint density at radius 1 is 1.39 bits per heavy atom. The normalized spacial score (nSPS) is 13.5. The fourth-order valence-corrected chi connectivity index (χ4v) is 1.44. The van der Waals surface area contributed by atoms with Gasteiger partial charge in [0, 0.05) is 19.9 Å². The Labute approximate surface area is 109 Å². The van der Waals surface area contributed by atoms with Crippen molar-refractivity contribution in [1.29, 1.82) is 0 Å². The van der Waals surface area contributed by atoms with Crippen molar-refractivity contribution in [2.24, 2.45) is 0 Å². The van der Waals surface area contributed by atoms with Gasteiger partial charge in [-0.25, -0.2) is 9.00 Å². The van der Waals surface area contributed by atoms with E-state index in [0.29, 0.717) is 12.8 Å². The van der Waals surface area contributed by atoms with E-state index in [-0.39, 0.29) is 18.7 Å². The first-order valence-electron chi connectivity index (χ1n) is 5.67. The highest BCUT2D eigenvalue weighted by Gasteiger charge is 2.12. The average molecular weight is 281 g/mol. The van der Waals surface area contributed by atoms with Crippen LogP contribution in [0.1, 0.15) is 33.1 Å². The lowest BCUT2D eigenvalue weighted by atomic mass is 10.3. The Kier molecular flexibility index (Phi) is 9.21. The molecule has 0 rings (SSSR count). The average Bonchev–Trinajstić information content (AvgIpc) is 2.24. The third-order valence-corrected chi connectivity index (χ3v) is 2.43. The lowest BCUT2D eigenvalue weighted by Gasteiger charge is -2.14. The summed E-state index contributed by atoms with van der Waals surface area (Å²) in [5.74, 6) is -0.338. The van der Waals surface area contributed by atoms with Gasteiger partial charge in [0.05, 0.1) is 5.75 Å². The maximum Gasteiger partial charge on any atom is 0.410 e. The van der Waals surface area contributed by atoms with E-state index in [9.17, 15) is 13.8 Å². The minimum atomic E-state index is -1.86. The van der Waals surface area contributed by atoms with Crippen molar-refractivity contribution in [2.75, 3.05) is 12.3 Å². The fourth-order valence-electron chi connectivity index (χ4n) is 1.05. The molecular weight excluding hydrogens is 262 g/mol. The smallest absolute Gasteiger partial charge is 0.410 e. The Bertz CT molecular complexity index is 296. The standard InChI is InChI=1S/C10H19NO6S/c1-3-5-9(12)16-8(2)17-10(13)11-6-4-7-18(14)15/h8H,3-7H2,1-2H3,(H,11,13)(H,14,15). The molecule has 2 atom stereocenters. The number of hydrogen-bond donors (Lipinski definition) is 2. The van der Waals surface area contributed by atoms with Gasteiger partial charge < -0.3 is 19.3 Å². The lowest BCUT2D eigenvalue weighted by molar-refractivity contribution is -0.164. The van der Waals surface area contributed by atoms with E-state index in [1.165, 1.54) is 6.92 Å². The molecule has 0 aromatic rings. The number of nitrogens with one attached hydrogen (secondary N) is 1. The molecule has 0 radical (unpaired) electrons. The quantitative estimate of drug-likeness (QED) is 0.298. The summed E-state index contributed by atoms with van der Waals surface area (Å²) in [7, 11) is 0. The topological polar surface area (TPSA) is 102 Å². The summed E-state index contributed by atoms with van der Waals surface area (Å²) >= 11 is -1.86. The van der Waals surface area contributed by atoms with Crippen LogP contribution in [0.2, 0.25) is 0 Å². The second-order valence-electron chi connectivity index (χ2n) is 3.52. The highest BCUT2D eigenvalue weighted by Crippen LogP contribution is 1.99. The summed E-state index contributed by atoms with van der Waals surface area (Å²) in [5, 5.41) is 2.38. The minimum absolute atomic E-state index is 0.0846. The van der Waals surface area contributed by atoms with E-state index in [1.54, 1.807) is 0 Å². The number of alkyl carbamates (subject to hydrolysis) is 1. The molecule has 0 spiro atoms. The highest BCUT2D eigenvalue weighted by molar-refractivity contribution is 7.79. The molecule has 0 aliphatic carbocycles. The summed E-state index contributed by atoms with van der Waals surface area (Å²) in [6.07, 6.45) is -0.373. The molecular formula is C10H19NO6S. The number of esters is 1. The van der Waals surface area contributed by atoms with Crippen LogP contribution in [-0.4, -0.2) is 39.4 Å².